The van der Waals surface area contributed by atoms with Crippen LogP contribution in [0.2, 0.25) is 0 Å². The quantitative estimate of drug-likeness (QED) is 0.652. The summed E-state index contributed by atoms with van der Waals surface area (Å²) < 4.78 is 48.7. The van der Waals surface area contributed by atoms with E-state index in [-0.39, 0.29) is 9.79 Å². The molecule has 0 saturated carbocycles. The molecule has 0 radical (unpaired) electrons. The lowest BCUT2D eigenvalue weighted by atomic mass is 10.1. The third-order valence-electron chi connectivity index (χ3n) is 2.66. The second-order valence-electron chi connectivity index (χ2n) is 4.70. The maximum absolute atomic E-state index is 12.1. The van der Waals surface area contributed by atoms with Crippen molar-refractivity contribution < 1.29 is 26.7 Å². The van der Waals surface area contributed by atoms with E-state index in [1.54, 1.807) is 13.8 Å². The molecule has 0 heterocycles. The van der Waals surface area contributed by atoms with E-state index in [0.29, 0.717) is 0 Å². The third-order valence-corrected chi connectivity index (χ3v) is 5.01. The van der Waals surface area contributed by atoms with Crippen molar-refractivity contribution >= 4 is 26.0 Å². The summed E-state index contributed by atoms with van der Waals surface area (Å²) in [6, 6.07) is 3.05. The Balaban J connectivity index is 3.23. The highest BCUT2D eigenvalue weighted by Gasteiger charge is 2.28. The van der Waals surface area contributed by atoms with Crippen LogP contribution in [0, 0.1) is 5.92 Å². The average Bonchev–Trinajstić information content (AvgIpc) is 2.34. The van der Waals surface area contributed by atoms with Crippen LogP contribution in [0.1, 0.15) is 13.8 Å². The molecule has 118 valence electrons. The van der Waals surface area contributed by atoms with Gasteiger partial charge in [0.1, 0.15) is 6.04 Å². The van der Waals surface area contributed by atoms with Crippen LogP contribution in [0.5, 0.6) is 0 Å². The van der Waals surface area contributed by atoms with E-state index in [2.05, 4.69) is 0 Å². The van der Waals surface area contributed by atoms with Gasteiger partial charge in [-0.15, -0.1) is 0 Å². The summed E-state index contributed by atoms with van der Waals surface area (Å²) in [4.78, 5) is 10.3. The predicted molar refractivity (Wildman–Crippen MR) is 74.4 cm³/mol. The molecule has 4 N–H and O–H groups in total. The van der Waals surface area contributed by atoms with Gasteiger partial charge in [0.25, 0.3) is 0 Å². The summed E-state index contributed by atoms with van der Waals surface area (Å²) in [6.45, 7) is 3.09. The van der Waals surface area contributed by atoms with Crippen LogP contribution in [0.3, 0.4) is 0 Å². The van der Waals surface area contributed by atoms with Gasteiger partial charge < -0.3 is 5.11 Å². The van der Waals surface area contributed by atoms with Gasteiger partial charge in [0, 0.05) is 0 Å². The van der Waals surface area contributed by atoms with E-state index in [4.69, 9.17) is 10.2 Å². The molecule has 0 saturated heterocycles. The first-order valence-corrected chi connectivity index (χ1v) is 8.86. The summed E-state index contributed by atoms with van der Waals surface area (Å²) in [6.07, 6.45) is 0. The average molecular weight is 336 g/mol. The lowest BCUT2D eigenvalue weighted by Gasteiger charge is -2.18. The first-order chi connectivity index (χ1) is 9.45. The van der Waals surface area contributed by atoms with Crippen molar-refractivity contribution in [2.45, 2.75) is 29.7 Å². The zero-order chi connectivity index (χ0) is 16.4. The molecule has 0 aromatic heterocycles. The van der Waals surface area contributed by atoms with Gasteiger partial charge in [-0.3, -0.25) is 4.79 Å². The number of carboxylic acids is 1. The molecular formula is C11H16N2O6S2. The van der Waals surface area contributed by atoms with Crippen molar-refractivity contribution in [3.05, 3.63) is 24.3 Å². The summed E-state index contributed by atoms with van der Waals surface area (Å²) in [5.41, 5.74) is 0. The van der Waals surface area contributed by atoms with Gasteiger partial charge in [-0.1, -0.05) is 19.9 Å². The van der Waals surface area contributed by atoms with Crippen LogP contribution >= 0.6 is 0 Å². The molecule has 1 rings (SSSR count). The van der Waals surface area contributed by atoms with Gasteiger partial charge in [0.15, 0.2) is 0 Å². The molecule has 0 aliphatic carbocycles. The van der Waals surface area contributed by atoms with Gasteiger partial charge in [-0.2, -0.15) is 4.72 Å². The molecule has 21 heavy (non-hydrogen) atoms. The molecular weight excluding hydrogens is 320 g/mol. The summed E-state index contributed by atoms with van der Waals surface area (Å²) in [5, 5.41) is 13.9. The van der Waals surface area contributed by atoms with E-state index in [9.17, 15) is 21.6 Å². The van der Waals surface area contributed by atoms with Gasteiger partial charge >= 0.3 is 5.97 Å². The number of carbonyl (C=O) groups is 1. The number of primary sulfonamides is 1. The van der Waals surface area contributed by atoms with E-state index in [1.165, 1.54) is 6.07 Å². The molecule has 1 aromatic rings. The zero-order valence-corrected chi connectivity index (χ0v) is 13.0. The second kappa shape index (κ2) is 6.10. The normalized spacial score (nSPS) is 14.1. The van der Waals surface area contributed by atoms with Gasteiger partial charge in [-0.05, 0) is 24.1 Å². The summed E-state index contributed by atoms with van der Waals surface area (Å²) >= 11 is 0. The number of hydrogen-bond acceptors (Lipinski definition) is 5. The minimum Gasteiger partial charge on any atom is -0.480 e. The minimum atomic E-state index is -4.18. The Morgan fingerprint density at radius 3 is 2.14 bits per heavy atom. The first kappa shape index (κ1) is 17.6. The number of sulfonamides is 2. The highest BCUT2D eigenvalue weighted by atomic mass is 32.2. The molecule has 1 atom stereocenters. The van der Waals surface area contributed by atoms with Crippen LogP contribution in [-0.2, 0) is 24.8 Å². The standard InChI is InChI=1S/C11H16N2O6S2/c1-7(2)10(11(14)15)13-21(18,19)9-5-3-4-8(6-9)20(12,16)17/h3-7,10,13H,1-2H3,(H,14,15)(H2,12,16,17)/t10-/m1/s1. The maximum atomic E-state index is 12.1. The smallest absolute Gasteiger partial charge is 0.322 e. The fourth-order valence-corrected chi connectivity index (χ4v) is 3.54. The zero-order valence-electron chi connectivity index (χ0n) is 11.3. The van der Waals surface area contributed by atoms with Crippen LogP contribution in [-0.4, -0.2) is 34.0 Å². The summed E-state index contributed by atoms with van der Waals surface area (Å²) in [7, 11) is -8.24. The highest BCUT2D eigenvalue weighted by molar-refractivity contribution is 7.90. The maximum Gasteiger partial charge on any atom is 0.322 e. The molecule has 0 fully saturated rings. The van der Waals surface area contributed by atoms with Crippen molar-refractivity contribution in [2.24, 2.45) is 11.1 Å². The van der Waals surface area contributed by atoms with Gasteiger partial charge in [-0.25, -0.2) is 22.0 Å². The fourth-order valence-electron chi connectivity index (χ4n) is 1.53. The van der Waals surface area contributed by atoms with Crippen molar-refractivity contribution in [3.8, 4) is 0 Å². The SMILES string of the molecule is CC(C)[C@@H](NS(=O)(=O)c1cccc(S(N)(=O)=O)c1)C(=O)O. The molecule has 0 aliphatic heterocycles. The van der Waals surface area contributed by atoms with Crippen molar-refractivity contribution in [3.63, 3.8) is 0 Å². The van der Waals surface area contributed by atoms with Gasteiger partial charge in [0.05, 0.1) is 9.79 Å². The Kier molecular flexibility index (Phi) is 5.10. The molecule has 0 bridgehead atoms. The Morgan fingerprint density at radius 2 is 1.71 bits per heavy atom. The molecule has 10 heteroatoms. The number of benzene rings is 1. The van der Waals surface area contributed by atoms with E-state index in [0.717, 1.165) is 18.2 Å². The monoisotopic (exact) mass is 336 g/mol. The largest absolute Gasteiger partial charge is 0.480 e. The van der Waals surface area contributed by atoms with Crippen molar-refractivity contribution in [2.75, 3.05) is 0 Å². The molecule has 0 aliphatic rings. The van der Waals surface area contributed by atoms with E-state index < -0.39 is 38.0 Å². The number of hydrogen-bond donors (Lipinski definition) is 3. The van der Waals surface area contributed by atoms with Crippen molar-refractivity contribution in [1.82, 2.24) is 4.72 Å². The Labute approximate surface area is 123 Å². The first-order valence-electron chi connectivity index (χ1n) is 5.83. The number of carboxylic acid groups (broad SMARTS) is 1. The summed E-state index contributed by atoms with van der Waals surface area (Å²) in [5.74, 6) is -1.81. The lowest BCUT2D eigenvalue weighted by Crippen LogP contribution is -2.44. The molecule has 0 spiro atoms. The Hall–Kier alpha value is -1.49. The van der Waals surface area contributed by atoms with E-state index >= 15 is 0 Å². The fraction of sp³-hybridized carbons (Fsp3) is 0.364. The Bertz CT molecular complexity index is 740. The lowest BCUT2D eigenvalue weighted by molar-refractivity contribution is -0.140. The van der Waals surface area contributed by atoms with Crippen LogP contribution in [0.25, 0.3) is 0 Å². The van der Waals surface area contributed by atoms with Crippen LogP contribution in [0.15, 0.2) is 34.1 Å². The second-order valence-corrected chi connectivity index (χ2v) is 7.98. The minimum absolute atomic E-state index is 0.373. The molecule has 0 amide bonds. The van der Waals surface area contributed by atoms with Gasteiger partial charge in [0.2, 0.25) is 20.0 Å². The molecule has 0 unspecified atom stereocenters. The highest BCUT2D eigenvalue weighted by Crippen LogP contribution is 2.16. The topological polar surface area (TPSA) is 144 Å². The van der Waals surface area contributed by atoms with Crippen LogP contribution < -0.4 is 9.86 Å². The van der Waals surface area contributed by atoms with E-state index in [1.807, 2.05) is 4.72 Å². The predicted octanol–water partition coefficient (Wildman–Crippen LogP) is -0.278. The van der Waals surface area contributed by atoms with Crippen molar-refractivity contribution in [1.29, 1.82) is 0 Å². The number of nitrogens with two attached hydrogens (primary N) is 1. The number of rotatable bonds is 6. The number of aliphatic carboxylic acids is 1. The molecule has 8 nitrogen and oxygen atoms in total. The number of nitrogens with one attached hydrogen (secondary N) is 1. The third kappa shape index (κ3) is 4.49. The Morgan fingerprint density at radius 1 is 1.19 bits per heavy atom. The molecule has 1 aromatic carbocycles. The van der Waals surface area contributed by atoms with Crippen LogP contribution in [0.4, 0.5) is 0 Å².